The van der Waals surface area contributed by atoms with Gasteiger partial charge in [-0.1, -0.05) is 67.7 Å². The molecule has 0 saturated heterocycles. The second-order valence-corrected chi connectivity index (χ2v) is 11.3. The zero-order valence-corrected chi connectivity index (χ0v) is 23.7. The predicted octanol–water partition coefficient (Wildman–Crippen LogP) is 7.02. The average Bonchev–Trinajstić information content (AvgIpc) is 3.55. The van der Waals surface area contributed by atoms with Gasteiger partial charge in [0.25, 0.3) is 0 Å². The first-order valence-corrected chi connectivity index (χ1v) is 14.4. The Morgan fingerprint density at radius 1 is 1.12 bits per heavy atom. The smallest absolute Gasteiger partial charge is 0.349 e. The lowest BCUT2D eigenvalue weighted by Gasteiger charge is -2.28. The van der Waals surface area contributed by atoms with E-state index in [1.54, 1.807) is 18.2 Å². The number of hydrogen-bond donors (Lipinski definition) is 2. The van der Waals surface area contributed by atoms with E-state index in [4.69, 9.17) is 31.1 Å². The minimum atomic E-state index is -0.701. The molecule has 0 bridgehead atoms. The van der Waals surface area contributed by atoms with Gasteiger partial charge >= 0.3 is 5.76 Å². The van der Waals surface area contributed by atoms with Crippen molar-refractivity contribution >= 4 is 28.7 Å². The summed E-state index contributed by atoms with van der Waals surface area (Å²) in [6, 6.07) is 13.9. The molecule has 41 heavy (non-hydrogen) atoms. The van der Waals surface area contributed by atoms with Gasteiger partial charge in [0.2, 0.25) is 17.6 Å². The van der Waals surface area contributed by atoms with Crippen LogP contribution in [0.25, 0.3) is 34.1 Å². The molecule has 0 aliphatic heterocycles. The largest absolute Gasteiger partial charge is 0.439 e. The minimum Gasteiger partial charge on any atom is -0.349 e. The van der Waals surface area contributed by atoms with Crippen molar-refractivity contribution in [3.8, 4) is 22.9 Å². The highest BCUT2D eigenvalue weighted by Gasteiger charge is 2.26. The van der Waals surface area contributed by atoms with E-state index in [0.29, 0.717) is 34.7 Å². The summed E-state index contributed by atoms with van der Waals surface area (Å²) in [5.74, 6) is 1.10. The third-order valence-electron chi connectivity index (χ3n) is 7.89. The maximum absolute atomic E-state index is 14.2. The summed E-state index contributed by atoms with van der Waals surface area (Å²) >= 11 is 6.40. The monoisotopic (exact) mass is 575 g/mol. The molecular formula is C30H31ClFN7O2. The Balaban J connectivity index is 1.54. The molecular weight excluding hydrogens is 545 g/mol. The molecule has 0 radical (unpaired) electrons. The number of benzene rings is 2. The van der Waals surface area contributed by atoms with Crippen LogP contribution in [0.15, 0.2) is 57.8 Å². The summed E-state index contributed by atoms with van der Waals surface area (Å²) in [7, 11) is 0. The molecule has 1 aliphatic carbocycles. The van der Waals surface area contributed by atoms with Crippen molar-refractivity contribution in [1.29, 1.82) is 0 Å². The van der Waals surface area contributed by atoms with Gasteiger partial charge in [0.15, 0.2) is 5.65 Å². The van der Waals surface area contributed by atoms with Crippen LogP contribution in [0.5, 0.6) is 0 Å². The van der Waals surface area contributed by atoms with Gasteiger partial charge < -0.3 is 9.88 Å². The molecule has 1 saturated carbocycles. The number of rotatable bonds is 8. The molecule has 1 atom stereocenters. The van der Waals surface area contributed by atoms with Gasteiger partial charge in [-0.2, -0.15) is 4.98 Å². The number of nitrogens with one attached hydrogen (secondary N) is 2. The number of hydrogen-bond acceptors (Lipinski definition) is 7. The highest BCUT2D eigenvalue weighted by Crippen LogP contribution is 2.36. The molecule has 5 aromatic rings. The molecule has 3 aromatic heterocycles. The van der Waals surface area contributed by atoms with Gasteiger partial charge in [0, 0.05) is 17.1 Å². The summed E-state index contributed by atoms with van der Waals surface area (Å²) < 4.78 is 21.0. The van der Waals surface area contributed by atoms with E-state index in [1.165, 1.54) is 18.9 Å². The summed E-state index contributed by atoms with van der Waals surface area (Å²) in [5.41, 5.74) is 3.41. The third-order valence-corrected chi connectivity index (χ3v) is 8.13. The molecule has 6 rings (SSSR count). The lowest BCUT2D eigenvalue weighted by Crippen LogP contribution is -2.20. The molecule has 212 valence electrons. The molecule has 0 unspecified atom stereocenters. The molecule has 0 spiro atoms. The second-order valence-electron chi connectivity index (χ2n) is 10.9. The number of aromatic nitrogens is 6. The Hall–Kier alpha value is -4.05. The van der Waals surface area contributed by atoms with E-state index in [1.807, 2.05) is 31.2 Å². The van der Waals surface area contributed by atoms with Crippen LogP contribution in [0, 0.1) is 17.7 Å². The molecule has 1 fully saturated rings. The van der Waals surface area contributed by atoms with Crippen LogP contribution < -0.4 is 11.1 Å². The van der Waals surface area contributed by atoms with E-state index < -0.39 is 5.76 Å². The lowest BCUT2D eigenvalue weighted by molar-refractivity contribution is 0.267. The Morgan fingerprint density at radius 2 is 1.93 bits per heavy atom. The SMILES string of the molecule is CC[C@H](Nc1nc2nc(-c3noc(=O)[nH]3)nc(-c3cccc(Cl)c3)c2n1C[C@H]1CC[C@H](C)CC1)c1cccc(F)c1. The van der Waals surface area contributed by atoms with Gasteiger partial charge in [-0.3, -0.25) is 9.51 Å². The fraction of sp³-hybridized carbons (Fsp3) is 0.367. The highest BCUT2D eigenvalue weighted by molar-refractivity contribution is 6.30. The van der Waals surface area contributed by atoms with Crippen LogP contribution in [-0.2, 0) is 6.54 Å². The van der Waals surface area contributed by atoms with E-state index in [9.17, 15) is 9.18 Å². The topological polar surface area (TPSA) is 115 Å². The highest BCUT2D eigenvalue weighted by atomic mass is 35.5. The molecule has 11 heteroatoms. The maximum Gasteiger partial charge on any atom is 0.439 e. The van der Waals surface area contributed by atoms with Crippen LogP contribution >= 0.6 is 11.6 Å². The predicted molar refractivity (Wildman–Crippen MR) is 156 cm³/mol. The Morgan fingerprint density at radius 3 is 2.63 bits per heavy atom. The summed E-state index contributed by atoms with van der Waals surface area (Å²) in [6.07, 6.45) is 5.32. The van der Waals surface area contributed by atoms with Gasteiger partial charge in [0.05, 0.1) is 6.04 Å². The fourth-order valence-corrected chi connectivity index (χ4v) is 5.85. The van der Waals surface area contributed by atoms with Gasteiger partial charge in [-0.25, -0.2) is 19.2 Å². The second kappa shape index (κ2) is 11.4. The van der Waals surface area contributed by atoms with Gasteiger partial charge in [0.1, 0.15) is 17.0 Å². The van der Waals surface area contributed by atoms with Crippen molar-refractivity contribution in [3.05, 3.63) is 75.5 Å². The van der Waals surface area contributed by atoms with Crippen molar-refractivity contribution in [1.82, 2.24) is 29.7 Å². The zero-order chi connectivity index (χ0) is 28.5. The molecule has 2 aromatic carbocycles. The van der Waals surface area contributed by atoms with Crippen LogP contribution in [0.3, 0.4) is 0 Å². The van der Waals surface area contributed by atoms with Crippen LogP contribution in [0.4, 0.5) is 10.3 Å². The van der Waals surface area contributed by atoms with Crippen LogP contribution in [0.2, 0.25) is 5.02 Å². The molecule has 0 amide bonds. The quantitative estimate of drug-likeness (QED) is 0.204. The van der Waals surface area contributed by atoms with Crippen molar-refractivity contribution < 1.29 is 8.91 Å². The average molecular weight is 576 g/mol. The van der Waals surface area contributed by atoms with Crippen LogP contribution in [0.1, 0.15) is 57.6 Å². The van der Waals surface area contributed by atoms with E-state index >= 15 is 0 Å². The molecule has 3 heterocycles. The van der Waals surface area contributed by atoms with E-state index in [2.05, 4.69) is 26.9 Å². The number of halogens is 2. The molecule has 1 aliphatic rings. The summed E-state index contributed by atoms with van der Waals surface area (Å²) in [6.45, 7) is 5.08. The van der Waals surface area contributed by atoms with E-state index in [0.717, 1.165) is 41.9 Å². The number of aromatic amines is 1. The maximum atomic E-state index is 14.2. The Bertz CT molecular complexity index is 1740. The van der Waals surface area contributed by atoms with Gasteiger partial charge in [-0.15, -0.1) is 0 Å². The number of H-pyrrole nitrogens is 1. The zero-order valence-electron chi connectivity index (χ0n) is 22.9. The first-order chi connectivity index (χ1) is 19.9. The fourth-order valence-electron chi connectivity index (χ4n) is 5.66. The number of imidazole rings is 1. The Kier molecular flexibility index (Phi) is 7.57. The van der Waals surface area contributed by atoms with E-state index in [-0.39, 0.29) is 23.5 Å². The Labute approximate surface area is 241 Å². The van der Waals surface area contributed by atoms with Crippen molar-refractivity contribution in [2.24, 2.45) is 11.8 Å². The third kappa shape index (κ3) is 5.74. The van der Waals surface area contributed by atoms with Crippen LogP contribution in [-0.4, -0.2) is 29.7 Å². The standard InChI is InChI=1S/C30H31ClFN7O2/c1-3-23(19-6-5-9-22(32)15-19)33-29-36-26-25(39(29)16-18-12-10-17(2)11-13-18)24(20-7-4-8-21(31)14-20)34-27(35-26)28-37-30(40)41-38-28/h4-9,14-15,17-18,23H,3,10-13,16H2,1-2H3,(H,37,38,40)(H,33,34,35,36)/t17-,18-,23-/m0/s1. The van der Waals surface area contributed by atoms with Gasteiger partial charge in [-0.05, 0) is 60.9 Å². The van der Waals surface area contributed by atoms with Crippen molar-refractivity contribution in [2.75, 3.05) is 5.32 Å². The van der Waals surface area contributed by atoms with Crippen molar-refractivity contribution in [2.45, 2.75) is 58.5 Å². The normalized spacial score (nSPS) is 18.0. The molecule has 9 nitrogen and oxygen atoms in total. The summed E-state index contributed by atoms with van der Waals surface area (Å²) in [4.78, 5) is 28.8. The lowest BCUT2D eigenvalue weighted by atomic mass is 9.83. The first kappa shape index (κ1) is 27.1. The number of anilines is 1. The minimum absolute atomic E-state index is 0.108. The number of fused-ring (bicyclic) bond motifs is 1. The summed E-state index contributed by atoms with van der Waals surface area (Å²) in [5, 5.41) is 7.95. The number of nitrogens with zero attached hydrogens (tertiary/aromatic N) is 5. The molecule has 2 N–H and O–H groups in total. The first-order valence-electron chi connectivity index (χ1n) is 14.0. The van der Waals surface area contributed by atoms with Crippen molar-refractivity contribution in [3.63, 3.8) is 0 Å².